The first-order valence-electron chi connectivity index (χ1n) is 6.47. The number of aryl methyl sites for hydroxylation is 1. The van der Waals surface area contributed by atoms with E-state index in [4.69, 9.17) is 0 Å². The van der Waals surface area contributed by atoms with Crippen LogP contribution in [0.2, 0.25) is 0 Å². The van der Waals surface area contributed by atoms with Crippen molar-refractivity contribution in [2.24, 2.45) is 0 Å². The summed E-state index contributed by atoms with van der Waals surface area (Å²) in [5.74, 6) is 0. The maximum absolute atomic E-state index is 2.28. The molecular formula is C17H22N+. The van der Waals surface area contributed by atoms with Crippen LogP contribution in [0.3, 0.4) is 0 Å². The minimum absolute atomic E-state index is 0.979. The summed E-state index contributed by atoms with van der Waals surface area (Å²) in [6.07, 6.45) is 0. The van der Waals surface area contributed by atoms with E-state index in [1.165, 1.54) is 16.7 Å². The molecule has 0 amide bonds. The molecule has 0 N–H and O–H groups in total. The molecule has 0 aromatic heterocycles. The molecular weight excluding hydrogens is 218 g/mol. The van der Waals surface area contributed by atoms with E-state index in [0.29, 0.717) is 0 Å². The Kier molecular flexibility index (Phi) is 3.83. The second kappa shape index (κ2) is 5.36. The molecule has 0 bridgehead atoms. The normalized spacial score (nSPS) is 11.5. The van der Waals surface area contributed by atoms with Crippen LogP contribution >= 0.6 is 0 Å². The van der Waals surface area contributed by atoms with Gasteiger partial charge < -0.3 is 4.48 Å². The van der Waals surface area contributed by atoms with Gasteiger partial charge >= 0.3 is 0 Å². The molecule has 1 nitrogen and oxygen atoms in total. The van der Waals surface area contributed by atoms with Crippen molar-refractivity contribution in [1.82, 2.24) is 0 Å². The topological polar surface area (TPSA) is 0 Å². The Morgan fingerprint density at radius 3 is 1.78 bits per heavy atom. The quantitative estimate of drug-likeness (QED) is 0.714. The first-order chi connectivity index (χ1) is 8.55. The van der Waals surface area contributed by atoms with Gasteiger partial charge in [-0.25, -0.2) is 0 Å². The molecule has 0 spiro atoms. The fourth-order valence-electron chi connectivity index (χ4n) is 2.32. The SMILES string of the molecule is Cc1ccc(C[N+](C)(C)Cc2ccccc2)cc1. The van der Waals surface area contributed by atoms with Crippen molar-refractivity contribution in [3.8, 4) is 0 Å². The smallest absolute Gasteiger partial charge is 0.104 e. The molecule has 2 aromatic carbocycles. The van der Waals surface area contributed by atoms with Gasteiger partial charge in [0.25, 0.3) is 0 Å². The number of nitrogens with zero attached hydrogens (tertiary/aromatic N) is 1. The zero-order valence-corrected chi connectivity index (χ0v) is 11.6. The highest BCUT2D eigenvalue weighted by molar-refractivity contribution is 5.20. The lowest BCUT2D eigenvalue weighted by atomic mass is 10.1. The lowest BCUT2D eigenvalue weighted by Crippen LogP contribution is -2.37. The van der Waals surface area contributed by atoms with Crippen molar-refractivity contribution in [2.75, 3.05) is 14.1 Å². The molecule has 2 rings (SSSR count). The highest BCUT2D eigenvalue weighted by Crippen LogP contribution is 2.15. The van der Waals surface area contributed by atoms with Crippen LogP contribution in [0.5, 0.6) is 0 Å². The predicted molar refractivity (Wildman–Crippen MR) is 77.1 cm³/mol. The summed E-state index contributed by atoms with van der Waals surface area (Å²) in [5.41, 5.74) is 4.13. The Morgan fingerprint density at radius 1 is 0.722 bits per heavy atom. The molecule has 18 heavy (non-hydrogen) atoms. The molecule has 0 aliphatic carbocycles. The minimum Gasteiger partial charge on any atom is -0.321 e. The van der Waals surface area contributed by atoms with Gasteiger partial charge in [0.2, 0.25) is 0 Å². The molecule has 0 aliphatic heterocycles. The summed E-state index contributed by atoms with van der Waals surface area (Å²) in [5, 5.41) is 0. The third kappa shape index (κ3) is 3.71. The average molecular weight is 240 g/mol. The van der Waals surface area contributed by atoms with Crippen molar-refractivity contribution < 1.29 is 4.48 Å². The van der Waals surface area contributed by atoms with Gasteiger partial charge in [-0.05, 0) is 6.92 Å². The maximum Gasteiger partial charge on any atom is 0.104 e. The van der Waals surface area contributed by atoms with Gasteiger partial charge in [0, 0.05) is 11.1 Å². The minimum atomic E-state index is 0.979. The first kappa shape index (κ1) is 12.8. The molecule has 0 fully saturated rings. The molecule has 94 valence electrons. The molecule has 0 radical (unpaired) electrons. The molecule has 0 saturated carbocycles. The van der Waals surface area contributed by atoms with E-state index in [9.17, 15) is 0 Å². The summed E-state index contributed by atoms with van der Waals surface area (Å²) < 4.78 is 0.979. The average Bonchev–Trinajstić information content (AvgIpc) is 2.32. The fraction of sp³-hybridized carbons (Fsp3) is 0.294. The summed E-state index contributed by atoms with van der Waals surface area (Å²) in [4.78, 5) is 0. The van der Waals surface area contributed by atoms with Crippen LogP contribution in [0.4, 0.5) is 0 Å². The van der Waals surface area contributed by atoms with Crippen molar-refractivity contribution >= 4 is 0 Å². The number of benzene rings is 2. The largest absolute Gasteiger partial charge is 0.321 e. The van der Waals surface area contributed by atoms with E-state index < -0.39 is 0 Å². The van der Waals surface area contributed by atoms with E-state index in [1.54, 1.807) is 0 Å². The van der Waals surface area contributed by atoms with Crippen LogP contribution < -0.4 is 0 Å². The highest BCUT2D eigenvalue weighted by Gasteiger charge is 2.16. The predicted octanol–water partition coefficient (Wildman–Crippen LogP) is 3.77. The number of hydrogen-bond donors (Lipinski definition) is 0. The summed E-state index contributed by atoms with van der Waals surface area (Å²) in [6.45, 7) is 4.26. The summed E-state index contributed by atoms with van der Waals surface area (Å²) in [6, 6.07) is 19.6. The lowest BCUT2D eigenvalue weighted by molar-refractivity contribution is -0.916. The van der Waals surface area contributed by atoms with Crippen LogP contribution in [-0.4, -0.2) is 18.6 Å². The third-order valence-corrected chi connectivity index (χ3v) is 3.18. The van der Waals surface area contributed by atoms with Gasteiger partial charge in [-0.1, -0.05) is 60.2 Å². The Balaban J connectivity index is 2.05. The monoisotopic (exact) mass is 240 g/mol. The van der Waals surface area contributed by atoms with Crippen LogP contribution in [0.15, 0.2) is 54.6 Å². The van der Waals surface area contributed by atoms with Gasteiger partial charge in [0.15, 0.2) is 0 Å². The van der Waals surface area contributed by atoms with Gasteiger partial charge in [-0.3, -0.25) is 0 Å². The molecule has 1 heteroatoms. The molecule has 0 unspecified atom stereocenters. The van der Waals surface area contributed by atoms with Gasteiger partial charge in [-0.2, -0.15) is 0 Å². The lowest BCUT2D eigenvalue weighted by Gasteiger charge is -2.30. The van der Waals surface area contributed by atoms with Crippen LogP contribution in [0.1, 0.15) is 16.7 Å². The molecule has 0 heterocycles. The molecule has 0 aliphatic rings. The van der Waals surface area contributed by atoms with E-state index in [2.05, 4.69) is 75.6 Å². The van der Waals surface area contributed by atoms with Crippen LogP contribution in [0, 0.1) is 6.92 Å². The van der Waals surface area contributed by atoms with Crippen molar-refractivity contribution in [3.63, 3.8) is 0 Å². The Bertz CT molecular complexity index is 483. The second-order valence-electron chi connectivity index (χ2n) is 5.72. The zero-order chi connectivity index (χ0) is 13.0. The van der Waals surface area contributed by atoms with Crippen molar-refractivity contribution in [3.05, 3.63) is 71.3 Å². The van der Waals surface area contributed by atoms with Crippen LogP contribution in [-0.2, 0) is 13.1 Å². The highest BCUT2D eigenvalue weighted by atomic mass is 15.3. The number of hydrogen-bond acceptors (Lipinski definition) is 0. The maximum atomic E-state index is 2.28. The van der Waals surface area contributed by atoms with Crippen LogP contribution in [0.25, 0.3) is 0 Å². The second-order valence-corrected chi connectivity index (χ2v) is 5.72. The molecule has 0 atom stereocenters. The van der Waals surface area contributed by atoms with Gasteiger partial charge in [0.05, 0.1) is 14.1 Å². The van der Waals surface area contributed by atoms with Gasteiger partial charge in [-0.15, -0.1) is 0 Å². The number of quaternary nitrogens is 1. The van der Waals surface area contributed by atoms with Crippen molar-refractivity contribution in [2.45, 2.75) is 20.0 Å². The van der Waals surface area contributed by atoms with E-state index >= 15 is 0 Å². The van der Waals surface area contributed by atoms with E-state index in [0.717, 1.165) is 17.6 Å². The third-order valence-electron chi connectivity index (χ3n) is 3.18. The Hall–Kier alpha value is -1.60. The van der Waals surface area contributed by atoms with Gasteiger partial charge in [0.1, 0.15) is 13.1 Å². The fourth-order valence-corrected chi connectivity index (χ4v) is 2.32. The first-order valence-corrected chi connectivity index (χ1v) is 6.47. The molecule has 2 aromatic rings. The standard InChI is InChI=1S/C17H22N/c1-15-9-11-17(12-10-15)14-18(2,3)13-16-7-5-4-6-8-16/h4-12H,13-14H2,1-3H3/q+1. The van der Waals surface area contributed by atoms with E-state index in [-0.39, 0.29) is 0 Å². The summed E-state index contributed by atoms with van der Waals surface area (Å²) in [7, 11) is 4.57. The Labute approximate surface area is 110 Å². The summed E-state index contributed by atoms with van der Waals surface area (Å²) >= 11 is 0. The van der Waals surface area contributed by atoms with Crippen molar-refractivity contribution in [1.29, 1.82) is 0 Å². The van der Waals surface area contributed by atoms with E-state index in [1.807, 2.05) is 0 Å². The Morgan fingerprint density at radius 2 is 1.22 bits per heavy atom. The zero-order valence-electron chi connectivity index (χ0n) is 11.6. The number of rotatable bonds is 4. The molecule has 0 saturated heterocycles.